The van der Waals surface area contributed by atoms with Crippen molar-refractivity contribution in [1.82, 2.24) is 29.1 Å². The minimum Gasteiger partial charge on any atom is -0.341 e. The first-order valence-corrected chi connectivity index (χ1v) is 11.6. The molecule has 164 valence electrons. The highest BCUT2D eigenvalue weighted by atomic mass is 16.2. The fraction of sp³-hybridized carbons (Fsp3) is 0.542. The second-order valence-corrected chi connectivity index (χ2v) is 9.06. The molecule has 31 heavy (non-hydrogen) atoms. The number of pyridine rings is 1. The molecule has 0 N–H and O–H groups in total. The molecule has 0 aromatic carbocycles. The minimum atomic E-state index is 0.140. The molecule has 2 aliphatic rings. The van der Waals surface area contributed by atoms with Crippen molar-refractivity contribution in [2.75, 3.05) is 26.2 Å². The number of carbonyl (C=O) groups excluding carboxylic acids is 1. The molecule has 2 aliphatic heterocycles. The van der Waals surface area contributed by atoms with E-state index in [-0.39, 0.29) is 12.5 Å². The average Bonchev–Trinajstić information content (AvgIpc) is 3.43. The van der Waals surface area contributed by atoms with E-state index >= 15 is 0 Å². The van der Waals surface area contributed by atoms with Gasteiger partial charge >= 0.3 is 0 Å². The summed E-state index contributed by atoms with van der Waals surface area (Å²) in [4.78, 5) is 22.6. The highest BCUT2D eigenvalue weighted by Crippen LogP contribution is 2.26. The normalized spacial score (nSPS) is 18.7. The fourth-order valence-corrected chi connectivity index (χ4v) is 5.25. The van der Waals surface area contributed by atoms with E-state index in [1.807, 2.05) is 40.9 Å². The van der Waals surface area contributed by atoms with Gasteiger partial charge < -0.3 is 14.4 Å². The molecule has 7 nitrogen and oxygen atoms in total. The zero-order valence-corrected chi connectivity index (χ0v) is 18.6. The third kappa shape index (κ3) is 3.99. The first-order valence-electron chi connectivity index (χ1n) is 11.6. The van der Waals surface area contributed by atoms with Crippen molar-refractivity contribution >= 4 is 16.9 Å². The Bertz CT molecular complexity index is 1060. The fourth-order valence-electron chi connectivity index (χ4n) is 5.25. The largest absolute Gasteiger partial charge is 0.341 e. The van der Waals surface area contributed by atoms with Crippen LogP contribution < -0.4 is 0 Å². The summed E-state index contributed by atoms with van der Waals surface area (Å²) in [6.45, 7) is 8.46. The molecule has 1 amide bonds. The Balaban J connectivity index is 1.34. The lowest BCUT2D eigenvalue weighted by molar-refractivity contribution is -0.133. The summed E-state index contributed by atoms with van der Waals surface area (Å²) < 4.78 is 3.79. The van der Waals surface area contributed by atoms with Gasteiger partial charge in [-0.25, -0.2) is 9.67 Å². The molecule has 2 saturated heterocycles. The number of rotatable bonds is 4. The number of carbonyl (C=O) groups is 1. The summed E-state index contributed by atoms with van der Waals surface area (Å²) in [5.41, 5.74) is 2.87. The monoisotopic (exact) mass is 420 g/mol. The van der Waals surface area contributed by atoms with Crippen LogP contribution in [0.25, 0.3) is 16.9 Å². The van der Waals surface area contributed by atoms with Crippen molar-refractivity contribution in [1.29, 1.82) is 0 Å². The Hall–Kier alpha value is -2.67. The second-order valence-electron chi connectivity index (χ2n) is 9.06. The SMILES string of the molecule is Cc1cc(C)c2c(-n3cccc3)nn(CC(=O)N3CCC(N4CCCCC4)CC3)c2n1. The highest BCUT2D eigenvalue weighted by Gasteiger charge is 2.28. The number of fused-ring (bicyclic) bond motifs is 1. The van der Waals surface area contributed by atoms with Crippen molar-refractivity contribution in [3.8, 4) is 5.82 Å². The van der Waals surface area contributed by atoms with Crippen LogP contribution in [0.3, 0.4) is 0 Å². The Morgan fingerprint density at radius 3 is 2.45 bits per heavy atom. The predicted molar refractivity (Wildman–Crippen MR) is 121 cm³/mol. The Kier molecular flexibility index (Phi) is 5.52. The van der Waals surface area contributed by atoms with Gasteiger partial charge in [0.2, 0.25) is 5.91 Å². The van der Waals surface area contributed by atoms with E-state index in [0.717, 1.165) is 54.0 Å². The van der Waals surface area contributed by atoms with Gasteiger partial charge in [0.05, 0.1) is 5.39 Å². The molecule has 3 aromatic heterocycles. The molecule has 7 heteroatoms. The van der Waals surface area contributed by atoms with E-state index in [1.54, 1.807) is 4.68 Å². The Labute approximate surface area is 183 Å². The number of piperidine rings is 2. The van der Waals surface area contributed by atoms with Crippen LogP contribution in [0.5, 0.6) is 0 Å². The number of hydrogen-bond acceptors (Lipinski definition) is 4. The van der Waals surface area contributed by atoms with Gasteiger partial charge in [-0.05, 0) is 76.4 Å². The van der Waals surface area contributed by atoms with E-state index in [1.165, 1.54) is 32.4 Å². The molecule has 0 unspecified atom stereocenters. The summed E-state index contributed by atoms with van der Waals surface area (Å²) in [6, 6.07) is 6.69. The summed E-state index contributed by atoms with van der Waals surface area (Å²) in [5.74, 6) is 0.975. The van der Waals surface area contributed by atoms with Crippen LogP contribution in [0.15, 0.2) is 30.6 Å². The lowest BCUT2D eigenvalue weighted by atomic mass is 10.00. The molecule has 0 radical (unpaired) electrons. The molecule has 2 fully saturated rings. The molecule has 0 bridgehead atoms. The third-order valence-corrected chi connectivity index (χ3v) is 6.87. The molecule has 0 saturated carbocycles. The van der Waals surface area contributed by atoms with Crippen LogP contribution in [-0.2, 0) is 11.3 Å². The molecular weight excluding hydrogens is 388 g/mol. The van der Waals surface area contributed by atoms with Gasteiger partial charge in [-0.3, -0.25) is 4.79 Å². The van der Waals surface area contributed by atoms with Crippen LogP contribution in [0.1, 0.15) is 43.4 Å². The zero-order valence-electron chi connectivity index (χ0n) is 18.6. The maximum atomic E-state index is 13.2. The summed E-state index contributed by atoms with van der Waals surface area (Å²) in [5, 5.41) is 5.83. The zero-order chi connectivity index (χ0) is 21.4. The van der Waals surface area contributed by atoms with Gasteiger partial charge in [0, 0.05) is 37.2 Å². The van der Waals surface area contributed by atoms with Crippen molar-refractivity contribution < 1.29 is 4.79 Å². The topological polar surface area (TPSA) is 59.2 Å². The van der Waals surface area contributed by atoms with Gasteiger partial charge in [0.25, 0.3) is 0 Å². The van der Waals surface area contributed by atoms with Gasteiger partial charge in [-0.15, -0.1) is 0 Å². The van der Waals surface area contributed by atoms with Crippen molar-refractivity contribution in [2.24, 2.45) is 0 Å². The molecule has 5 heterocycles. The third-order valence-electron chi connectivity index (χ3n) is 6.87. The quantitative estimate of drug-likeness (QED) is 0.650. The molecule has 0 spiro atoms. The Morgan fingerprint density at radius 1 is 1.03 bits per heavy atom. The van der Waals surface area contributed by atoms with E-state index in [4.69, 9.17) is 10.1 Å². The summed E-state index contributed by atoms with van der Waals surface area (Å²) in [6.07, 6.45) is 10.1. The predicted octanol–water partition coefficient (Wildman–Crippen LogP) is 3.32. The lowest BCUT2D eigenvalue weighted by Crippen LogP contribution is -2.48. The summed E-state index contributed by atoms with van der Waals surface area (Å²) in [7, 11) is 0. The highest BCUT2D eigenvalue weighted by molar-refractivity contribution is 5.88. The average molecular weight is 421 g/mol. The van der Waals surface area contributed by atoms with Crippen LogP contribution in [0.4, 0.5) is 0 Å². The van der Waals surface area contributed by atoms with E-state index < -0.39 is 0 Å². The van der Waals surface area contributed by atoms with Crippen molar-refractivity contribution in [3.05, 3.63) is 41.9 Å². The lowest BCUT2D eigenvalue weighted by Gasteiger charge is -2.40. The summed E-state index contributed by atoms with van der Waals surface area (Å²) >= 11 is 0. The molecule has 0 atom stereocenters. The number of hydrogen-bond donors (Lipinski definition) is 0. The maximum absolute atomic E-state index is 13.2. The van der Waals surface area contributed by atoms with Gasteiger partial charge in [-0.2, -0.15) is 5.10 Å². The standard InChI is InChI=1S/C24H32N6O/c1-18-16-19(2)25-23-22(18)24(29-12-6-7-13-29)26-30(23)17-21(31)28-14-8-20(9-15-28)27-10-4-3-5-11-27/h6-7,12-13,16,20H,3-5,8-11,14-15,17H2,1-2H3. The van der Waals surface area contributed by atoms with Crippen LogP contribution >= 0.6 is 0 Å². The van der Waals surface area contributed by atoms with Crippen LogP contribution in [-0.4, -0.2) is 67.3 Å². The Morgan fingerprint density at radius 2 is 1.74 bits per heavy atom. The van der Waals surface area contributed by atoms with E-state index in [0.29, 0.717) is 6.04 Å². The van der Waals surface area contributed by atoms with Gasteiger partial charge in [0.1, 0.15) is 6.54 Å². The van der Waals surface area contributed by atoms with Crippen molar-refractivity contribution in [3.63, 3.8) is 0 Å². The van der Waals surface area contributed by atoms with E-state index in [9.17, 15) is 4.79 Å². The minimum absolute atomic E-state index is 0.140. The van der Waals surface area contributed by atoms with Crippen molar-refractivity contribution in [2.45, 2.75) is 58.5 Å². The number of amides is 1. The number of aromatic nitrogens is 4. The molecule has 0 aliphatic carbocycles. The first kappa shape index (κ1) is 20.2. The van der Waals surface area contributed by atoms with Gasteiger partial charge in [0.15, 0.2) is 11.5 Å². The van der Waals surface area contributed by atoms with Gasteiger partial charge in [-0.1, -0.05) is 6.42 Å². The van der Waals surface area contributed by atoms with E-state index in [2.05, 4.69) is 17.9 Å². The molecule has 3 aromatic rings. The second kappa shape index (κ2) is 8.46. The first-order chi connectivity index (χ1) is 15.1. The number of aryl methyl sites for hydroxylation is 2. The van der Waals surface area contributed by atoms with Crippen LogP contribution in [0, 0.1) is 13.8 Å². The smallest absolute Gasteiger partial charge is 0.244 e. The number of likely N-dealkylation sites (tertiary alicyclic amines) is 2. The number of nitrogens with zero attached hydrogens (tertiary/aromatic N) is 6. The molecule has 5 rings (SSSR count). The maximum Gasteiger partial charge on any atom is 0.244 e. The van der Waals surface area contributed by atoms with Crippen LogP contribution in [0.2, 0.25) is 0 Å². The molecular formula is C24H32N6O.